The van der Waals surface area contributed by atoms with E-state index in [1.807, 2.05) is 104 Å². The van der Waals surface area contributed by atoms with Crippen LogP contribution in [0.1, 0.15) is 18.1 Å². The molecule has 2 amide bonds. The fourth-order valence-corrected chi connectivity index (χ4v) is 4.36. The molecule has 0 heterocycles. The zero-order valence-electron chi connectivity index (χ0n) is 21.2. The van der Waals surface area contributed by atoms with Crippen LogP contribution in [0.25, 0.3) is 10.8 Å². The van der Waals surface area contributed by atoms with Gasteiger partial charge in [-0.05, 0) is 41.6 Å². The van der Waals surface area contributed by atoms with Crippen LogP contribution in [-0.2, 0) is 22.6 Å². The standard InChI is InChI=1S/C31H32N2O4/c1-3-32-31(35)28(20-23-11-5-4-6-12-23)33(21-24-13-9-16-26(19-24)36-2)30(34)22-37-29-18-10-15-25-14-7-8-17-27(25)29/h4-19,28H,3,20-22H2,1-2H3,(H,32,35)/t28-/m0/s1. The van der Waals surface area contributed by atoms with Crippen molar-refractivity contribution in [3.05, 3.63) is 108 Å². The van der Waals surface area contributed by atoms with Crippen LogP contribution in [0.2, 0.25) is 0 Å². The molecule has 4 rings (SSSR count). The first kappa shape index (κ1) is 25.8. The van der Waals surface area contributed by atoms with Crippen LogP contribution < -0.4 is 14.8 Å². The lowest BCUT2D eigenvalue weighted by atomic mass is 10.0. The van der Waals surface area contributed by atoms with Gasteiger partial charge in [-0.1, -0.05) is 78.9 Å². The summed E-state index contributed by atoms with van der Waals surface area (Å²) in [6.07, 6.45) is 0.386. The first-order valence-corrected chi connectivity index (χ1v) is 12.4. The summed E-state index contributed by atoms with van der Waals surface area (Å²) in [6, 6.07) is 30.2. The molecule has 0 radical (unpaired) electrons. The number of nitrogens with zero attached hydrogens (tertiary/aromatic N) is 1. The molecule has 0 saturated carbocycles. The van der Waals surface area contributed by atoms with Crippen molar-refractivity contribution in [1.29, 1.82) is 0 Å². The summed E-state index contributed by atoms with van der Waals surface area (Å²) >= 11 is 0. The van der Waals surface area contributed by atoms with E-state index < -0.39 is 6.04 Å². The highest BCUT2D eigenvalue weighted by Crippen LogP contribution is 2.25. The molecule has 190 valence electrons. The number of ether oxygens (including phenoxy) is 2. The van der Waals surface area contributed by atoms with Gasteiger partial charge in [0.2, 0.25) is 5.91 Å². The van der Waals surface area contributed by atoms with E-state index in [4.69, 9.17) is 9.47 Å². The smallest absolute Gasteiger partial charge is 0.261 e. The lowest BCUT2D eigenvalue weighted by Gasteiger charge is -2.31. The lowest BCUT2D eigenvalue weighted by Crippen LogP contribution is -2.51. The third-order valence-corrected chi connectivity index (χ3v) is 6.21. The minimum absolute atomic E-state index is 0.192. The van der Waals surface area contributed by atoms with Crippen molar-refractivity contribution < 1.29 is 19.1 Å². The molecule has 0 fully saturated rings. The Kier molecular flexibility index (Phi) is 8.76. The van der Waals surface area contributed by atoms with Crippen molar-refractivity contribution in [2.75, 3.05) is 20.3 Å². The molecule has 0 aliphatic rings. The van der Waals surface area contributed by atoms with Gasteiger partial charge < -0.3 is 19.7 Å². The van der Waals surface area contributed by atoms with Gasteiger partial charge in [-0.2, -0.15) is 0 Å². The average Bonchev–Trinajstić information content (AvgIpc) is 2.94. The normalized spacial score (nSPS) is 11.5. The van der Waals surface area contributed by atoms with Gasteiger partial charge in [0.25, 0.3) is 5.91 Å². The molecule has 0 unspecified atom stereocenters. The molecule has 0 spiro atoms. The third kappa shape index (κ3) is 6.67. The number of carbonyl (C=O) groups is 2. The van der Waals surface area contributed by atoms with Crippen LogP contribution in [0, 0.1) is 0 Å². The molecular weight excluding hydrogens is 464 g/mol. The van der Waals surface area contributed by atoms with Gasteiger partial charge in [-0.3, -0.25) is 9.59 Å². The second-order valence-electron chi connectivity index (χ2n) is 8.74. The number of methoxy groups -OCH3 is 1. The second kappa shape index (κ2) is 12.6. The van der Waals surface area contributed by atoms with Gasteiger partial charge in [0.1, 0.15) is 17.5 Å². The van der Waals surface area contributed by atoms with Crippen molar-refractivity contribution in [2.45, 2.75) is 25.9 Å². The predicted molar refractivity (Wildman–Crippen MR) is 146 cm³/mol. The Morgan fingerprint density at radius 3 is 2.35 bits per heavy atom. The maximum Gasteiger partial charge on any atom is 0.261 e. The van der Waals surface area contributed by atoms with Crippen LogP contribution in [-0.4, -0.2) is 43.0 Å². The first-order valence-electron chi connectivity index (χ1n) is 12.4. The summed E-state index contributed by atoms with van der Waals surface area (Å²) < 4.78 is 11.4. The number of carbonyl (C=O) groups excluding carboxylic acids is 2. The third-order valence-electron chi connectivity index (χ3n) is 6.21. The molecule has 0 aliphatic heterocycles. The van der Waals surface area contributed by atoms with Crippen LogP contribution >= 0.6 is 0 Å². The Labute approximate surface area is 217 Å². The number of hydrogen-bond acceptors (Lipinski definition) is 4. The van der Waals surface area contributed by atoms with E-state index in [0.29, 0.717) is 24.5 Å². The summed E-state index contributed by atoms with van der Waals surface area (Å²) in [4.78, 5) is 28.6. The number of rotatable bonds is 11. The van der Waals surface area contributed by atoms with Crippen molar-refractivity contribution in [3.8, 4) is 11.5 Å². The van der Waals surface area contributed by atoms with E-state index in [1.54, 1.807) is 12.0 Å². The van der Waals surface area contributed by atoms with E-state index in [9.17, 15) is 9.59 Å². The number of amides is 2. The van der Waals surface area contributed by atoms with Crippen molar-refractivity contribution in [1.82, 2.24) is 10.2 Å². The quantitative estimate of drug-likeness (QED) is 0.317. The fraction of sp³-hybridized carbons (Fsp3) is 0.226. The second-order valence-corrected chi connectivity index (χ2v) is 8.74. The van der Waals surface area contributed by atoms with Gasteiger partial charge in [0, 0.05) is 24.9 Å². The number of hydrogen-bond donors (Lipinski definition) is 1. The zero-order chi connectivity index (χ0) is 26.0. The van der Waals surface area contributed by atoms with Gasteiger partial charge in [0.05, 0.1) is 7.11 Å². The van der Waals surface area contributed by atoms with Gasteiger partial charge in [-0.15, -0.1) is 0 Å². The van der Waals surface area contributed by atoms with Gasteiger partial charge >= 0.3 is 0 Å². The highest BCUT2D eigenvalue weighted by atomic mass is 16.5. The monoisotopic (exact) mass is 496 g/mol. The van der Waals surface area contributed by atoms with Crippen LogP contribution in [0.3, 0.4) is 0 Å². The highest BCUT2D eigenvalue weighted by molar-refractivity contribution is 5.90. The number of nitrogens with one attached hydrogen (secondary N) is 1. The Morgan fingerprint density at radius 1 is 0.865 bits per heavy atom. The van der Waals surface area contributed by atoms with Crippen LogP contribution in [0.5, 0.6) is 11.5 Å². The molecule has 4 aromatic rings. The summed E-state index contributed by atoms with van der Waals surface area (Å²) in [5.41, 5.74) is 1.83. The van der Waals surface area contributed by atoms with E-state index in [1.165, 1.54) is 0 Å². The van der Waals surface area contributed by atoms with Crippen molar-refractivity contribution in [2.24, 2.45) is 0 Å². The molecule has 1 atom stereocenters. The number of likely N-dealkylation sites (N-methyl/N-ethyl adjacent to an activating group) is 1. The topological polar surface area (TPSA) is 67.9 Å². The maximum atomic E-state index is 13.7. The Hall–Kier alpha value is -4.32. The molecule has 37 heavy (non-hydrogen) atoms. The van der Waals surface area contributed by atoms with E-state index in [-0.39, 0.29) is 25.0 Å². The van der Waals surface area contributed by atoms with Gasteiger partial charge in [0.15, 0.2) is 6.61 Å². The van der Waals surface area contributed by atoms with Crippen molar-refractivity contribution >= 4 is 22.6 Å². The summed E-state index contributed by atoms with van der Waals surface area (Å²) in [5, 5.41) is 4.87. The molecule has 6 heteroatoms. The minimum Gasteiger partial charge on any atom is -0.497 e. The highest BCUT2D eigenvalue weighted by Gasteiger charge is 2.30. The van der Waals surface area contributed by atoms with E-state index in [0.717, 1.165) is 21.9 Å². The largest absolute Gasteiger partial charge is 0.497 e. The zero-order valence-corrected chi connectivity index (χ0v) is 21.2. The molecule has 0 saturated heterocycles. The Bertz CT molecular complexity index is 1330. The maximum absolute atomic E-state index is 13.7. The minimum atomic E-state index is -0.711. The van der Waals surface area contributed by atoms with Crippen LogP contribution in [0.15, 0.2) is 97.1 Å². The molecule has 6 nitrogen and oxygen atoms in total. The molecular formula is C31H32N2O4. The summed E-state index contributed by atoms with van der Waals surface area (Å²) in [5.74, 6) is 0.843. The summed E-state index contributed by atoms with van der Waals surface area (Å²) in [7, 11) is 1.60. The molecule has 4 aromatic carbocycles. The number of fused-ring (bicyclic) bond motifs is 1. The van der Waals surface area contributed by atoms with E-state index in [2.05, 4.69) is 5.32 Å². The number of benzene rings is 4. The first-order chi connectivity index (χ1) is 18.1. The average molecular weight is 497 g/mol. The molecule has 0 aliphatic carbocycles. The van der Waals surface area contributed by atoms with Crippen molar-refractivity contribution in [3.63, 3.8) is 0 Å². The SMILES string of the molecule is CCNC(=O)[C@H](Cc1ccccc1)N(Cc1cccc(OC)c1)C(=O)COc1cccc2ccccc12. The fourth-order valence-electron chi connectivity index (χ4n) is 4.36. The lowest BCUT2D eigenvalue weighted by molar-refractivity contribution is -0.142. The van der Waals surface area contributed by atoms with E-state index >= 15 is 0 Å². The molecule has 0 aromatic heterocycles. The predicted octanol–water partition coefficient (Wildman–Crippen LogP) is 5.00. The Morgan fingerprint density at radius 2 is 1.57 bits per heavy atom. The molecule has 0 bridgehead atoms. The molecule has 1 N–H and O–H groups in total. The van der Waals surface area contributed by atoms with Gasteiger partial charge in [-0.25, -0.2) is 0 Å². The summed E-state index contributed by atoms with van der Waals surface area (Å²) in [6.45, 7) is 2.39. The Balaban J connectivity index is 1.64. The van der Waals surface area contributed by atoms with Crippen LogP contribution in [0.4, 0.5) is 0 Å².